The van der Waals surface area contributed by atoms with Crippen LogP contribution in [0.1, 0.15) is 42.2 Å². The molecule has 0 unspecified atom stereocenters. The van der Waals surface area contributed by atoms with E-state index in [1.165, 1.54) is 46.3 Å². The van der Waals surface area contributed by atoms with Gasteiger partial charge < -0.3 is 4.90 Å². The molecule has 148 valence electrons. The van der Waals surface area contributed by atoms with Crippen molar-refractivity contribution in [3.05, 3.63) is 39.7 Å². The number of rotatable bonds is 3. The molecule has 4 aromatic rings. The highest BCUT2D eigenvalue weighted by atomic mass is 32.1. The van der Waals surface area contributed by atoms with Crippen LogP contribution >= 0.6 is 22.7 Å². The number of nitrogens with zero attached hydrogens (tertiary/aromatic N) is 6. The van der Waals surface area contributed by atoms with Crippen LogP contribution in [0.15, 0.2) is 29.2 Å². The summed E-state index contributed by atoms with van der Waals surface area (Å²) >= 11 is 3.59. The van der Waals surface area contributed by atoms with Crippen LogP contribution in [0.4, 0.5) is 5.82 Å². The van der Waals surface area contributed by atoms with Gasteiger partial charge in [0.2, 0.25) is 0 Å². The van der Waals surface area contributed by atoms with Gasteiger partial charge in [-0.1, -0.05) is 5.21 Å². The SMILES string of the molecule is c1cn(C2CCN(c3nc(-c4ccsc4)nc4sc5c(c34)CCCC5)CC2)nn1. The van der Waals surface area contributed by atoms with Crippen molar-refractivity contribution in [2.24, 2.45) is 0 Å². The lowest BCUT2D eigenvalue weighted by molar-refractivity contribution is 0.359. The topological polar surface area (TPSA) is 59.7 Å². The predicted octanol–water partition coefficient (Wildman–Crippen LogP) is 4.73. The number of fused-ring (bicyclic) bond motifs is 3. The quantitative estimate of drug-likeness (QED) is 0.478. The Hall–Kier alpha value is -2.32. The third-order valence-electron chi connectivity index (χ3n) is 6.15. The first-order valence-corrected chi connectivity index (χ1v) is 12.1. The molecule has 1 aliphatic carbocycles. The van der Waals surface area contributed by atoms with Crippen molar-refractivity contribution in [1.82, 2.24) is 25.0 Å². The predicted molar refractivity (Wildman–Crippen MR) is 118 cm³/mol. The highest BCUT2D eigenvalue weighted by molar-refractivity contribution is 7.19. The smallest absolute Gasteiger partial charge is 0.163 e. The molecule has 0 radical (unpaired) electrons. The lowest BCUT2D eigenvalue weighted by Gasteiger charge is -2.33. The van der Waals surface area contributed by atoms with E-state index in [0.717, 1.165) is 43.1 Å². The maximum absolute atomic E-state index is 5.13. The molecular formula is C21H22N6S2. The first kappa shape index (κ1) is 17.5. The maximum Gasteiger partial charge on any atom is 0.163 e. The molecule has 5 heterocycles. The molecule has 0 N–H and O–H groups in total. The molecule has 2 aliphatic rings. The second-order valence-electron chi connectivity index (χ2n) is 7.88. The number of aryl methyl sites for hydroxylation is 2. The summed E-state index contributed by atoms with van der Waals surface area (Å²) in [5, 5.41) is 13.8. The van der Waals surface area contributed by atoms with Gasteiger partial charge in [0.25, 0.3) is 0 Å². The van der Waals surface area contributed by atoms with Crippen LogP contribution in [0, 0.1) is 0 Å². The zero-order valence-corrected chi connectivity index (χ0v) is 17.8. The molecule has 0 atom stereocenters. The van der Waals surface area contributed by atoms with E-state index in [4.69, 9.17) is 9.97 Å². The summed E-state index contributed by atoms with van der Waals surface area (Å²) in [5.74, 6) is 2.01. The van der Waals surface area contributed by atoms with Crippen molar-refractivity contribution in [1.29, 1.82) is 0 Å². The second-order valence-corrected chi connectivity index (χ2v) is 9.74. The number of anilines is 1. The Balaban J connectivity index is 1.42. The summed E-state index contributed by atoms with van der Waals surface area (Å²) in [7, 11) is 0. The van der Waals surface area contributed by atoms with E-state index in [-0.39, 0.29) is 0 Å². The van der Waals surface area contributed by atoms with Gasteiger partial charge in [0.05, 0.1) is 17.6 Å². The molecule has 8 heteroatoms. The first-order valence-electron chi connectivity index (χ1n) is 10.3. The molecule has 6 nitrogen and oxygen atoms in total. The minimum absolute atomic E-state index is 0.429. The van der Waals surface area contributed by atoms with Crippen LogP contribution in [0.25, 0.3) is 21.6 Å². The van der Waals surface area contributed by atoms with Gasteiger partial charge in [-0.15, -0.1) is 16.4 Å². The van der Waals surface area contributed by atoms with Crippen molar-refractivity contribution >= 4 is 38.7 Å². The number of hydrogen-bond acceptors (Lipinski definition) is 7. The average Bonchev–Trinajstić information content (AvgIpc) is 3.54. The Labute approximate surface area is 177 Å². The minimum Gasteiger partial charge on any atom is -0.356 e. The molecule has 0 amide bonds. The van der Waals surface area contributed by atoms with Crippen LogP contribution in [-0.4, -0.2) is 38.1 Å². The number of aromatic nitrogens is 5. The van der Waals surface area contributed by atoms with Gasteiger partial charge in [0, 0.05) is 35.1 Å². The zero-order chi connectivity index (χ0) is 19.2. The summed E-state index contributed by atoms with van der Waals surface area (Å²) in [4.78, 5) is 15.3. The summed E-state index contributed by atoms with van der Waals surface area (Å²) in [6.45, 7) is 1.98. The van der Waals surface area contributed by atoms with Crippen LogP contribution in [0.3, 0.4) is 0 Å². The van der Waals surface area contributed by atoms with Crippen LogP contribution in [0.5, 0.6) is 0 Å². The Morgan fingerprint density at radius 2 is 1.97 bits per heavy atom. The summed E-state index contributed by atoms with van der Waals surface area (Å²) in [6.07, 6.45) is 10.8. The highest BCUT2D eigenvalue weighted by Gasteiger charge is 2.27. The minimum atomic E-state index is 0.429. The van der Waals surface area contributed by atoms with Gasteiger partial charge in [0.15, 0.2) is 5.82 Å². The van der Waals surface area contributed by atoms with E-state index in [1.54, 1.807) is 17.5 Å². The molecule has 1 aliphatic heterocycles. The van der Waals surface area contributed by atoms with Gasteiger partial charge in [0.1, 0.15) is 10.6 Å². The third kappa shape index (κ3) is 3.05. The molecule has 29 heavy (non-hydrogen) atoms. The van der Waals surface area contributed by atoms with Crippen LogP contribution in [0.2, 0.25) is 0 Å². The highest BCUT2D eigenvalue weighted by Crippen LogP contribution is 2.41. The number of hydrogen-bond donors (Lipinski definition) is 0. The van der Waals surface area contributed by atoms with E-state index < -0.39 is 0 Å². The van der Waals surface area contributed by atoms with Gasteiger partial charge in [-0.05, 0) is 55.5 Å². The van der Waals surface area contributed by atoms with E-state index >= 15 is 0 Å². The monoisotopic (exact) mass is 422 g/mol. The summed E-state index contributed by atoms with van der Waals surface area (Å²) in [5.41, 5.74) is 2.64. The third-order valence-corrected chi connectivity index (χ3v) is 8.02. The molecule has 1 saturated heterocycles. The first-order chi connectivity index (χ1) is 14.4. The van der Waals surface area contributed by atoms with E-state index in [1.807, 2.05) is 22.2 Å². The van der Waals surface area contributed by atoms with E-state index in [0.29, 0.717) is 6.04 Å². The second kappa shape index (κ2) is 7.18. The Bertz CT molecular complexity index is 1120. The molecular weight excluding hydrogens is 400 g/mol. The normalized spacial score (nSPS) is 17.7. The molecule has 0 spiro atoms. The molecule has 6 rings (SSSR count). The van der Waals surface area contributed by atoms with Crippen LogP contribution in [-0.2, 0) is 12.8 Å². The van der Waals surface area contributed by atoms with Crippen molar-refractivity contribution in [3.8, 4) is 11.4 Å². The number of piperidine rings is 1. The van der Waals surface area contributed by atoms with E-state index in [9.17, 15) is 0 Å². The van der Waals surface area contributed by atoms with Crippen molar-refractivity contribution in [2.45, 2.75) is 44.6 Å². The molecule has 0 bridgehead atoms. The van der Waals surface area contributed by atoms with Crippen LogP contribution < -0.4 is 4.90 Å². The Morgan fingerprint density at radius 1 is 1.07 bits per heavy atom. The largest absolute Gasteiger partial charge is 0.356 e. The van der Waals surface area contributed by atoms with Gasteiger partial charge in [-0.2, -0.15) is 11.3 Å². The summed E-state index contributed by atoms with van der Waals surface area (Å²) < 4.78 is 2.01. The number of thiophene rings is 2. The van der Waals surface area contributed by atoms with Gasteiger partial charge in [-0.25, -0.2) is 14.6 Å². The lowest BCUT2D eigenvalue weighted by atomic mass is 9.96. The lowest BCUT2D eigenvalue weighted by Crippen LogP contribution is -2.35. The van der Waals surface area contributed by atoms with Crippen molar-refractivity contribution < 1.29 is 0 Å². The molecule has 0 aromatic carbocycles. The maximum atomic E-state index is 5.13. The molecule has 1 fully saturated rings. The van der Waals surface area contributed by atoms with Gasteiger partial charge in [-0.3, -0.25) is 0 Å². The molecule has 0 saturated carbocycles. The molecule has 4 aromatic heterocycles. The fourth-order valence-electron chi connectivity index (χ4n) is 4.64. The van der Waals surface area contributed by atoms with E-state index in [2.05, 4.69) is 32.0 Å². The zero-order valence-electron chi connectivity index (χ0n) is 16.1. The standard InChI is InChI=1S/C21H22N6S2/c1-2-4-17-16(3-1)18-20(23-19(24-21(18)29-17)14-7-12-28-13-14)26-9-5-15(6-10-26)27-11-8-22-25-27/h7-8,11-13,15H,1-6,9-10H2. The fourth-order valence-corrected chi connectivity index (χ4v) is 6.53. The Kier molecular flexibility index (Phi) is 4.34. The van der Waals surface area contributed by atoms with Crippen molar-refractivity contribution in [2.75, 3.05) is 18.0 Å². The average molecular weight is 423 g/mol. The Morgan fingerprint density at radius 3 is 2.76 bits per heavy atom. The summed E-state index contributed by atoms with van der Waals surface area (Å²) in [6, 6.07) is 2.55. The van der Waals surface area contributed by atoms with Gasteiger partial charge >= 0.3 is 0 Å². The van der Waals surface area contributed by atoms with Crippen molar-refractivity contribution in [3.63, 3.8) is 0 Å². The fraction of sp³-hybridized carbons (Fsp3) is 0.429.